The molecule has 33 heavy (non-hydrogen) atoms. The highest BCUT2D eigenvalue weighted by Crippen LogP contribution is 2.34. The van der Waals surface area contributed by atoms with Gasteiger partial charge in [0.25, 0.3) is 11.5 Å². The van der Waals surface area contributed by atoms with Gasteiger partial charge in [0.1, 0.15) is 27.5 Å². The summed E-state index contributed by atoms with van der Waals surface area (Å²) in [6, 6.07) is 9.53. The molecule has 1 aliphatic heterocycles. The number of thioether (sulfide) groups is 1. The van der Waals surface area contributed by atoms with E-state index < -0.39 is 5.56 Å². The van der Waals surface area contributed by atoms with E-state index in [2.05, 4.69) is 5.32 Å². The maximum Gasteiger partial charge on any atom is 0.270 e. The Bertz CT molecular complexity index is 1210. The number of hydrogen-bond donors (Lipinski definition) is 1. The summed E-state index contributed by atoms with van der Waals surface area (Å²) in [5, 5.41) is 12.9. The van der Waals surface area contributed by atoms with Crippen LogP contribution in [0.25, 0.3) is 6.08 Å². The standard InChI is InChI=1S/C23H24N4O4S2/c1-14-17(11-19-22(29)27(9-10-30-3)23(32)33-19)20(26(2)21(28)18(14)12-24)25-13-15-5-7-16(31-4)8-6-15/h5-8,11,25H,9-10,13H2,1-4H3/b19-11+. The van der Waals surface area contributed by atoms with E-state index in [1.807, 2.05) is 30.3 Å². The Morgan fingerprint density at radius 1 is 1.24 bits per heavy atom. The highest BCUT2D eigenvalue weighted by atomic mass is 32.2. The van der Waals surface area contributed by atoms with Gasteiger partial charge in [0.2, 0.25) is 0 Å². The van der Waals surface area contributed by atoms with Crippen LogP contribution < -0.4 is 15.6 Å². The van der Waals surface area contributed by atoms with Crippen LogP contribution in [-0.4, -0.2) is 47.1 Å². The zero-order chi connectivity index (χ0) is 24.1. The van der Waals surface area contributed by atoms with Gasteiger partial charge in [0.05, 0.1) is 25.2 Å². The molecule has 0 unspecified atom stereocenters. The van der Waals surface area contributed by atoms with Gasteiger partial charge in [0, 0.05) is 26.3 Å². The van der Waals surface area contributed by atoms with Crippen LogP contribution in [-0.2, 0) is 23.1 Å². The van der Waals surface area contributed by atoms with Crippen molar-refractivity contribution in [2.24, 2.45) is 7.05 Å². The van der Waals surface area contributed by atoms with Crippen LogP contribution in [0.15, 0.2) is 34.0 Å². The Kier molecular flexibility index (Phi) is 7.92. The topological polar surface area (TPSA) is 96.6 Å². The van der Waals surface area contributed by atoms with Crippen molar-refractivity contribution in [2.45, 2.75) is 13.5 Å². The van der Waals surface area contributed by atoms with Crippen molar-refractivity contribution >= 4 is 46.1 Å². The Morgan fingerprint density at radius 3 is 2.55 bits per heavy atom. The highest BCUT2D eigenvalue weighted by molar-refractivity contribution is 8.26. The molecule has 2 aromatic rings. The van der Waals surface area contributed by atoms with Gasteiger partial charge in [0.15, 0.2) is 0 Å². The molecule has 0 bridgehead atoms. The summed E-state index contributed by atoms with van der Waals surface area (Å²) in [4.78, 5) is 27.6. The molecule has 8 nitrogen and oxygen atoms in total. The zero-order valence-electron chi connectivity index (χ0n) is 18.8. The number of pyridine rings is 1. The van der Waals surface area contributed by atoms with E-state index in [0.29, 0.717) is 45.9 Å². The molecule has 1 saturated heterocycles. The number of rotatable bonds is 8. The number of nitriles is 1. The van der Waals surface area contributed by atoms with Gasteiger partial charge in [-0.3, -0.25) is 19.1 Å². The van der Waals surface area contributed by atoms with E-state index in [1.54, 1.807) is 34.3 Å². The molecule has 0 spiro atoms. The van der Waals surface area contributed by atoms with Gasteiger partial charge in [-0.2, -0.15) is 5.26 Å². The van der Waals surface area contributed by atoms with Crippen LogP contribution in [0.5, 0.6) is 5.75 Å². The second-order valence-corrected chi connectivity index (χ2v) is 8.94. The number of ether oxygens (including phenoxy) is 2. The van der Waals surface area contributed by atoms with E-state index in [-0.39, 0.29) is 11.5 Å². The molecule has 172 valence electrons. The lowest BCUT2D eigenvalue weighted by atomic mass is 10.0. The predicted octanol–water partition coefficient (Wildman–Crippen LogP) is 3.03. The average Bonchev–Trinajstić information content (AvgIpc) is 3.08. The molecular formula is C23H24N4O4S2. The molecule has 1 amide bonds. The summed E-state index contributed by atoms with van der Waals surface area (Å²) in [5.41, 5.74) is 1.70. The Balaban J connectivity index is 2.02. The lowest BCUT2D eigenvalue weighted by Crippen LogP contribution is -2.31. The second-order valence-electron chi connectivity index (χ2n) is 7.27. The molecule has 3 rings (SSSR count). The highest BCUT2D eigenvalue weighted by Gasteiger charge is 2.32. The minimum atomic E-state index is -0.406. The second kappa shape index (κ2) is 10.7. The first-order chi connectivity index (χ1) is 15.8. The largest absolute Gasteiger partial charge is 0.497 e. The number of nitrogens with zero attached hydrogens (tertiary/aromatic N) is 3. The van der Waals surface area contributed by atoms with Crippen molar-refractivity contribution in [3.8, 4) is 11.8 Å². The van der Waals surface area contributed by atoms with Gasteiger partial charge in [-0.15, -0.1) is 0 Å². The minimum absolute atomic E-state index is 0.0357. The molecule has 2 heterocycles. The molecule has 0 radical (unpaired) electrons. The van der Waals surface area contributed by atoms with Crippen molar-refractivity contribution < 1.29 is 14.3 Å². The van der Waals surface area contributed by atoms with Crippen molar-refractivity contribution in [3.05, 3.63) is 61.8 Å². The first kappa shape index (κ1) is 24.5. The number of hydrogen-bond acceptors (Lipinski definition) is 8. The molecule has 0 atom stereocenters. The predicted molar refractivity (Wildman–Crippen MR) is 133 cm³/mol. The molecule has 0 saturated carbocycles. The lowest BCUT2D eigenvalue weighted by Gasteiger charge is -2.18. The molecule has 1 aromatic heterocycles. The molecule has 10 heteroatoms. The maximum absolute atomic E-state index is 12.9. The maximum atomic E-state index is 12.9. The van der Waals surface area contributed by atoms with Crippen LogP contribution >= 0.6 is 24.0 Å². The summed E-state index contributed by atoms with van der Waals surface area (Å²) < 4.78 is 12.1. The third-order valence-corrected chi connectivity index (χ3v) is 6.66. The fraction of sp³-hybridized carbons (Fsp3) is 0.304. The van der Waals surface area contributed by atoms with Crippen LogP contribution in [0, 0.1) is 18.3 Å². The Labute approximate surface area is 201 Å². The number of aromatic nitrogens is 1. The van der Waals surface area contributed by atoms with Gasteiger partial charge < -0.3 is 14.8 Å². The minimum Gasteiger partial charge on any atom is -0.497 e. The number of methoxy groups -OCH3 is 2. The van der Waals surface area contributed by atoms with E-state index >= 15 is 0 Å². The number of anilines is 1. The van der Waals surface area contributed by atoms with Gasteiger partial charge in [-0.05, 0) is 36.3 Å². The fourth-order valence-electron chi connectivity index (χ4n) is 3.38. The van der Waals surface area contributed by atoms with Crippen molar-refractivity contribution in [1.82, 2.24) is 9.47 Å². The van der Waals surface area contributed by atoms with Crippen LogP contribution in [0.4, 0.5) is 5.82 Å². The van der Waals surface area contributed by atoms with Crippen molar-refractivity contribution in [1.29, 1.82) is 5.26 Å². The molecule has 1 fully saturated rings. The smallest absolute Gasteiger partial charge is 0.270 e. The van der Waals surface area contributed by atoms with Gasteiger partial charge in [-0.1, -0.05) is 36.1 Å². The molecule has 0 aliphatic carbocycles. The van der Waals surface area contributed by atoms with E-state index in [9.17, 15) is 14.9 Å². The summed E-state index contributed by atoms with van der Waals surface area (Å²) in [5.74, 6) is 1.03. The van der Waals surface area contributed by atoms with Crippen molar-refractivity contribution in [3.63, 3.8) is 0 Å². The Morgan fingerprint density at radius 2 is 1.94 bits per heavy atom. The summed E-state index contributed by atoms with van der Waals surface area (Å²) in [6.07, 6.45) is 1.69. The average molecular weight is 485 g/mol. The fourth-order valence-corrected chi connectivity index (χ4v) is 4.67. The van der Waals surface area contributed by atoms with E-state index in [0.717, 1.165) is 11.3 Å². The number of carbonyl (C=O) groups excluding carboxylic acids is 1. The quantitative estimate of drug-likeness (QED) is 0.451. The third-order valence-electron chi connectivity index (χ3n) is 5.29. The number of thiocarbonyl (C=S) groups is 1. The van der Waals surface area contributed by atoms with Crippen molar-refractivity contribution in [2.75, 3.05) is 32.7 Å². The van der Waals surface area contributed by atoms with Gasteiger partial charge >= 0.3 is 0 Å². The van der Waals surface area contributed by atoms with E-state index in [4.69, 9.17) is 21.7 Å². The number of benzene rings is 1. The third kappa shape index (κ3) is 5.11. The molecule has 1 aliphatic rings. The molecule has 1 N–H and O–H groups in total. The summed E-state index contributed by atoms with van der Waals surface area (Å²) >= 11 is 6.55. The number of carbonyl (C=O) groups is 1. The van der Waals surface area contributed by atoms with Crippen LogP contribution in [0.3, 0.4) is 0 Å². The molecule has 1 aromatic carbocycles. The lowest BCUT2D eigenvalue weighted by molar-refractivity contribution is -0.122. The SMILES string of the molecule is COCCN1C(=O)/C(=C\c2c(C)c(C#N)c(=O)n(C)c2NCc2ccc(OC)cc2)SC1=S. The first-order valence-corrected chi connectivity index (χ1v) is 11.3. The Hall–Kier alpha value is -3.13. The summed E-state index contributed by atoms with van der Waals surface area (Å²) in [7, 11) is 4.76. The zero-order valence-corrected chi connectivity index (χ0v) is 20.4. The number of amides is 1. The van der Waals surface area contributed by atoms with E-state index in [1.165, 1.54) is 21.2 Å². The number of nitrogens with one attached hydrogen (secondary N) is 1. The van der Waals surface area contributed by atoms with Gasteiger partial charge in [-0.25, -0.2) is 0 Å². The molecular weight excluding hydrogens is 460 g/mol. The first-order valence-electron chi connectivity index (χ1n) is 10.1. The van der Waals surface area contributed by atoms with Crippen LogP contribution in [0.1, 0.15) is 22.3 Å². The monoisotopic (exact) mass is 484 g/mol. The summed E-state index contributed by atoms with van der Waals surface area (Å²) in [6.45, 7) is 2.86. The van der Waals surface area contributed by atoms with Crippen LogP contribution in [0.2, 0.25) is 0 Å². The normalized spacial score (nSPS) is 14.6.